The van der Waals surface area contributed by atoms with E-state index in [-0.39, 0.29) is 23.8 Å². The minimum absolute atomic E-state index is 0.0464. The van der Waals surface area contributed by atoms with Crippen molar-refractivity contribution >= 4 is 17.3 Å². The quantitative estimate of drug-likeness (QED) is 0.794. The Morgan fingerprint density at radius 1 is 1.19 bits per heavy atom. The highest BCUT2D eigenvalue weighted by molar-refractivity contribution is 6.17. The molecular formula is C14H17ClF3NO2. The van der Waals surface area contributed by atoms with E-state index in [1.54, 1.807) is 11.0 Å². The Hall–Kier alpha value is -0.980. The summed E-state index contributed by atoms with van der Waals surface area (Å²) in [6, 6.07) is 4.18. The molecule has 118 valence electrons. The fourth-order valence-electron chi connectivity index (χ4n) is 2.56. The van der Waals surface area contributed by atoms with E-state index in [0.29, 0.717) is 18.7 Å². The van der Waals surface area contributed by atoms with Gasteiger partial charge in [-0.25, -0.2) is 0 Å². The molecule has 0 aromatic heterocycles. The number of hydrogen-bond acceptors (Lipinski definition) is 3. The van der Waals surface area contributed by atoms with E-state index in [1.165, 1.54) is 20.3 Å². The molecule has 0 spiro atoms. The lowest BCUT2D eigenvalue weighted by atomic mass is 10.1. The van der Waals surface area contributed by atoms with Crippen molar-refractivity contribution in [1.29, 1.82) is 0 Å². The first-order chi connectivity index (χ1) is 9.90. The van der Waals surface area contributed by atoms with E-state index in [9.17, 15) is 13.2 Å². The molecule has 0 radical (unpaired) electrons. The highest BCUT2D eigenvalue weighted by Gasteiger charge is 2.39. The van der Waals surface area contributed by atoms with Crippen LogP contribution in [0.15, 0.2) is 18.2 Å². The predicted molar refractivity (Wildman–Crippen MR) is 74.8 cm³/mol. The van der Waals surface area contributed by atoms with Gasteiger partial charge in [-0.15, -0.1) is 11.6 Å². The maximum absolute atomic E-state index is 13.2. The van der Waals surface area contributed by atoms with Gasteiger partial charge in [0.05, 0.1) is 5.56 Å². The summed E-state index contributed by atoms with van der Waals surface area (Å²) in [5, 5.41) is 0. The van der Waals surface area contributed by atoms with Gasteiger partial charge in [-0.2, -0.15) is 13.2 Å². The number of hydrogen-bond donors (Lipinski definition) is 0. The lowest BCUT2D eigenvalue weighted by Gasteiger charge is -2.23. The van der Waals surface area contributed by atoms with Gasteiger partial charge < -0.3 is 14.4 Å². The standard InChI is InChI=1S/C14H17ClF3NO2/c1-20-12-7-19(8-13(12)21-2)11-4-3-9(6-15)5-10(11)14(16,17)18/h3-5,12-13H,6-8H2,1-2H3. The van der Waals surface area contributed by atoms with Crippen LogP contribution in [-0.4, -0.2) is 39.5 Å². The van der Waals surface area contributed by atoms with Gasteiger partial charge in [0.15, 0.2) is 0 Å². The van der Waals surface area contributed by atoms with E-state index in [2.05, 4.69) is 0 Å². The molecule has 3 nitrogen and oxygen atoms in total. The first-order valence-electron chi connectivity index (χ1n) is 6.47. The second-order valence-corrected chi connectivity index (χ2v) is 5.20. The molecule has 0 amide bonds. The summed E-state index contributed by atoms with van der Waals surface area (Å²) in [6.45, 7) is 0.719. The zero-order valence-corrected chi connectivity index (χ0v) is 12.5. The number of rotatable bonds is 4. The van der Waals surface area contributed by atoms with Crippen LogP contribution >= 0.6 is 11.6 Å². The number of ether oxygens (including phenoxy) is 2. The number of benzene rings is 1. The lowest BCUT2D eigenvalue weighted by Crippen LogP contribution is -2.27. The van der Waals surface area contributed by atoms with Crippen LogP contribution < -0.4 is 4.90 Å². The molecular weight excluding hydrogens is 307 g/mol. The van der Waals surface area contributed by atoms with Crippen LogP contribution in [0.5, 0.6) is 0 Å². The van der Waals surface area contributed by atoms with E-state index in [4.69, 9.17) is 21.1 Å². The van der Waals surface area contributed by atoms with Crippen molar-refractivity contribution in [3.8, 4) is 0 Å². The van der Waals surface area contributed by atoms with Crippen LogP contribution in [0.25, 0.3) is 0 Å². The second kappa shape index (κ2) is 6.42. The average molecular weight is 324 g/mol. The van der Waals surface area contributed by atoms with Crippen LogP contribution in [0, 0.1) is 0 Å². The highest BCUT2D eigenvalue weighted by Crippen LogP contribution is 2.39. The van der Waals surface area contributed by atoms with Gasteiger partial charge in [-0.3, -0.25) is 0 Å². The van der Waals surface area contributed by atoms with E-state index >= 15 is 0 Å². The van der Waals surface area contributed by atoms with Crippen molar-refractivity contribution in [2.24, 2.45) is 0 Å². The van der Waals surface area contributed by atoms with Crippen LogP contribution in [0.2, 0.25) is 0 Å². The first kappa shape index (κ1) is 16.4. The van der Waals surface area contributed by atoms with Gasteiger partial charge in [0.25, 0.3) is 0 Å². The number of alkyl halides is 4. The molecule has 1 aliphatic heterocycles. The molecule has 0 bridgehead atoms. The molecule has 7 heteroatoms. The van der Waals surface area contributed by atoms with Gasteiger partial charge in [0, 0.05) is 38.9 Å². The largest absolute Gasteiger partial charge is 0.418 e. The Morgan fingerprint density at radius 2 is 1.76 bits per heavy atom. The maximum Gasteiger partial charge on any atom is 0.418 e. The number of anilines is 1. The smallest absolute Gasteiger partial charge is 0.377 e. The van der Waals surface area contributed by atoms with Gasteiger partial charge in [0.2, 0.25) is 0 Å². The molecule has 1 heterocycles. The molecule has 1 fully saturated rings. The molecule has 2 unspecified atom stereocenters. The van der Waals surface area contributed by atoms with Crippen LogP contribution in [-0.2, 0) is 21.5 Å². The van der Waals surface area contributed by atoms with E-state index < -0.39 is 11.7 Å². The fourth-order valence-corrected chi connectivity index (χ4v) is 2.73. The Labute approximate surface area is 126 Å². The normalized spacial score (nSPS) is 22.9. The summed E-state index contributed by atoms with van der Waals surface area (Å²) in [5.41, 5.74) is -0.0938. The number of halogens is 4. The van der Waals surface area contributed by atoms with Crippen LogP contribution in [0.1, 0.15) is 11.1 Å². The summed E-state index contributed by atoms with van der Waals surface area (Å²) in [6.07, 6.45) is -4.92. The Morgan fingerprint density at radius 3 is 2.19 bits per heavy atom. The Bertz CT molecular complexity index is 484. The Balaban J connectivity index is 2.36. The SMILES string of the molecule is COC1CN(c2ccc(CCl)cc2C(F)(F)F)CC1OC. The summed E-state index contributed by atoms with van der Waals surface area (Å²) in [7, 11) is 3.06. The number of nitrogens with zero attached hydrogens (tertiary/aromatic N) is 1. The van der Waals surface area contributed by atoms with Crippen molar-refractivity contribution < 1.29 is 22.6 Å². The molecule has 0 N–H and O–H groups in total. The Kier molecular flexibility index (Phi) is 5.01. The summed E-state index contributed by atoms with van der Waals surface area (Å²) < 4.78 is 50.3. The third-order valence-corrected chi connectivity index (χ3v) is 3.99. The van der Waals surface area contributed by atoms with Crippen molar-refractivity contribution in [3.63, 3.8) is 0 Å². The molecule has 1 aliphatic rings. The maximum atomic E-state index is 13.2. The minimum Gasteiger partial charge on any atom is -0.377 e. The topological polar surface area (TPSA) is 21.7 Å². The predicted octanol–water partition coefficient (Wildman–Crippen LogP) is 3.29. The molecule has 2 rings (SSSR count). The van der Waals surface area contributed by atoms with Crippen molar-refractivity contribution in [2.45, 2.75) is 24.3 Å². The summed E-state index contributed by atoms with van der Waals surface area (Å²) in [5.74, 6) is 0.0464. The minimum atomic E-state index is -4.43. The van der Waals surface area contributed by atoms with Crippen molar-refractivity contribution in [3.05, 3.63) is 29.3 Å². The zero-order chi connectivity index (χ0) is 15.6. The highest BCUT2D eigenvalue weighted by atomic mass is 35.5. The molecule has 2 atom stereocenters. The average Bonchev–Trinajstić information content (AvgIpc) is 2.88. The van der Waals surface area contributed by atoms with Gasteiger partial charge >= 0.3 is 6.18 Å². The molecule has 21 heavy (non-hydrogen) atoms. The van der Waals surface area contributed by atoms with Crippen molar-refractivity contribution in [1.82, 2.24) is 0 Å². The molecule has 1 saturated heterocycles. The van der Waals surface area contributed by atoms with Gasteiger partial charge in [-0.1, -0.05) is 6.07 Å². The molecule has 1 aromatic carbocycles. The molecule has 0 saturated carbocycles. The molecule has 0 aliphatic carbocycles. The molecule has 1 aromatic rings. The first-order valence-corrected chi connectivity index (χ1v) is 7.00. The van der Waals surface area contributed by atoms with Crippen LogP contribution in [0.4, 0.5) is 18.9 Å². The fraction of sp³-hybridized carbons (Fsp3) is 0.571. The third-order valence-electron chi connectivity index (χ3n) is 3.68. The zero-order valence-electron chi connectivity index (χ0n) is 11.8. The van der Waals surface area contributed by atoms with Gasteiger partial charge in [0.1, 0.15) is 12.2 Å². The van der Waals surface area contributed by atoms with Crippen molar-refractivity contribution in [2.75, 3.05) is 32.2 Å². The lowest BCUT2D eigenvalue weighted by molar-refractivity contribution is -0.137. The van der Waals surface area contributed by atoms with E-state index in [0.717, 1.165) is 6.07 Å². The third kappa shape index (κ3) is 3.44. The van der Waals surface area contributed by atoms with Crippen LogP contribution in [0.3, 0.4) is 0 Å². The summed E-state index contributed by atoms with van der Waals surface area (Å²) >= 11 is 5.63. The van der Waals surface area contributed by atoms with Gasteiger partial charge in [-0.05, 0) is 17.7 Å². The van der Waals surface area contributed by atoms with E-state index in [1.807, 2.05) is 0 Å². The summed E-state index contributed by atoms with van der Waals surface area (Å²) in [4.78, 5) is 1.64. The number of methoxy groups -OCH3 is 2. The second-order valence-electron chi connectivity index (χ2n) is 4.94. The monoisotopic (exact) mass is 323 g/mol.